The quantitative estimate of drug-likeness (QED) is 0.148. The van der Waals surface area contributed by atoms with Crippen LogP contribution in [-0.2, 0) is 0 Å². The summed E-state index contributed by atoms with van der Waals surface area (Å²) in [4.78, 5) is 2.38. The molecule has 0 N–H and O–H groups in total. The molecule has 0 saturated carbocycles. The van der Waals surface area contributed by atoms with E-state index in [4.69, 9.17) is 0 Å². The first-order chi connectivity index (χ1) is 31.2. The fourth-order valence-electron chi connectivity index (χ4n) is 9.33. The zero-order valence-corrected chi connectivity index (χ0v) is 35.2. The summed E-state index contributed by atoms with van der Waals surface area (Å²) in [7, 11) is 0. The molecule has 0 aliphatic carbocycles. The van der Waals surface area contributed by atoms with Gasteiger partial charge in [-0.15, -0.1) is 11.3 Å². The number of aromatic nitrogens is 1. The van der Waals surface area contributed by atoms with Crippen molar-refractivity contribution in [3.8, 4) is 50.2 Å². The molecule has 2 heterocycles. The first-order valence-corrected chi connectivity index (χ1v) is 22.3. The molecule has 12 rings (SSSR count). The number of hydrogen-bond donors (Lipinski definition) is 0. The minimum atomic E-state index is 1.10. The Morgan fingerprint density at radius 1 is 0.302 bits per heavy atom. The van der Waals surface area contributed by atoms with Crippen molar-refractivity contribution in [1.29, 1.82) is 0 Å². The number of anilines is 3. The van der Waals surface area contributed by atoms with Crippen molar-refractivity contribution in [2.45, 2.75) is 0 Å². The molecule has 0 atom stereocenters. The molecule has 0 bridgehead atoms. The van der Waals surface area contributed by atoms with E-state index in [2.05, 4.69) is 252 Å². The molecule has 2 nitrogen and oxygen atoms in total. The van der Waals surface area contributed by atoms with Crippen LogP contribution in [0.2, 0.25) is 0 Å². The molecule has 0 unspecified atom stereocenters. The Balaban J connectivity index is 0.896. The van der Waals surface area contributed by atoms with E-state index in [0.29, 0.717) is 0 Å². The van der Waals surface area contributed by atoms with Gasteiger partial charge in [-0.1, -0.05) is 176 Å². The van der Waals surface area contributed by atoms with Crippen molar-refractivity contribution in [2.24, 2.45) is 0 Å². The van der Waals surface area contributed by atoms with Crippen LogP contribution in [0, 0.1) is 0 Å². The van der Waals surface area contributed by atoms with Crippen molar-refractivity contribution in [3.63, 3.8) is 0 Å². The minimum Gasteiger partial charge on any atom is -0.310 e. The lowest BCUT2D eigenvalue weighted by atomic mass is 9.99. The van der Waals surface area contributed by atoms with Crippen molar-refractivity contribution >= 4 is 70.4 Å². The average molecular weight is 821 g/mol. The SMILES string of the molecule is c1ccc(-c2ccc(N(c3ccc(-c4ccc(-c5ccc6c7ccccc7n(-c7ccccc7)c6c5)cc4)cc3)c3cccc(-c4cccc5c4sc4ccccc45)c3)cc2)cc1. The second-order valence-electron chi connectivity index (χ2n) is 16.1. The second kappa shape index (κ2) is 15.5. The number of fused-ring (bicyclic) bond motifs is 6. The highest BCUT2D eigenvalue weighted by Crippen LogP contribution is 2.43. The third kappa shape index (κ3) is 6.58. The van der Waals surface area contributed by atoms with Crippen LogP contribution in [0.5, 0.6) is 0 Å². The Labute approximate surface area is 370 Å². The predicted octanol–water partition coefficient (Wildman–Crippen LogP) is 17.3. The van der Waals surface area contributed by atoms with Gasteiger partial charge in [0, 0.05) is 53.7 Å². The molecule has 10 aromatic carbocycles. The van der Waals surface area contributed by atoms with Gasteiger partial charge in [-0.25, -0.2) is 0 Å². The number of nitrogens with zero attached hydrogens (tertiary/aromatic N) is 2. The molecule has 0 spiro atoms. The van der Waals surface area contributed by atoms with E-state index < -0.39 is 0 Å². The number of rotatable bonds is 8. The smallest absolute Gasteiger partial charge is 0.0547 e. The van der Waals surface area contributed by atoms with Crippen molar-refractivity contribution < 1.29 is 0 Å². The highest BCUT2D eigenvalue weighted by molar-refractivity contribution is 7.26. The average Bonchev–Trinajstić information content (AvgIpc) is 3.91. The summed E-state index contributed by atoms with van der Waals surface area (Å²) in [6.45, 7) is 0. The van der Waals surface area contributed by atoms with Gasteiger partial charge in [-0.05, 0) is 111 Å². The lowest BCUT2D eigenvalue weighted by molar-refractivity contribution is 1.18. The predicted molar refractivity (Wildman–Crippen MR) is 270 cm³/mol. The highest BCUT2D eigenvalue weighted by atomic mass is 32.1. The van der Waals surface area contributed by atoms with Crippen molar-refractivity contribution in [2.75, 3.05) is 4.90 Å². The topological polar surface area (TPSA) is 8.17 Å². The highest BCUT2D eigenvalue weighted by Gasteiger charge is 2.17. The van der Waals surface area contributed by atoms with Crippen LogP contribution in [-0.4, -0.2) is 4.57 Å². The van der Waals surface area contributed by atoms with Gasteiger partial charge in [0.25, 0.3) is 0 Å². The molecule has 0 aliphatic heterocycles. The van der Waals surface area contributed by atoms with Crippen LogP contribution in [0.15, 0.2) is 243 Å². The molecule has 3 heteroatoms. The summed E-state index contributed by atoms with van der Waals surface area (Å²) in [5, 5.41) is 5.15. The van der Waals surface area contributed by atoms with E-state index in [1.54, 1.807) is 0 Å². The Hall–Kier alpha value is -7.98. The maximum absolute atomic E-state index is 2.38. The fourth-order valence-corrected chi connectivity index (χ4v) is 10.6. The summed E-state index contributed by atoms with van der Waals surface area (Å²) < 4.78 is 5.02. The minimum absolute atomic E-state index is 1.10. The Morgan fingerprint density at radius 2 is 0.810 bits per heavy atom. The van der Waals surface area contributed by atoms with Gasteiger partial charge in [-0.2, -0.15) is 0 Å². The van der Waals surface area contributed by atoms with Crippen LogP contribution in [0.1, 0.15) is 0 Å². The normalized spacial score (nSPS) is 11.5. The molecule has 0 saturated heterocycles. The third-order valence-electron chi connectivity index (χ3n) is 12.4. The van der Waals surface area contributed by atoms with Gasteiger partial charge < -0.3 is 9.47 Å². The van der Waals surface area contributed by atoms with E-state index >= 15 is 0 Å². The number of hydrogen-bond acceptors (Lipinski definition) is 2. The van der Waals surface area contributed by atoms with E-state index in [-0.39, 0.29) is 0 Å². The van der Waals surface area contributed by atoms with Crippen LogP contribution >= 0.6 is 11.3 Å². The van der Waals surface area contributed by atoms with Crippen LogP contribution in [0.25, 0.3) is 92.2 Å². The van der Waals surface area contributed by atoms with Gasteiger partial charge in [0.1, 0.15) is 0 Å². The summed E-state index contributed by atoms with van der Waals surface area (Å²) in [5.41, 5.74) is 16.5. The summed E-state index contributed by atoms with van der Waals surface area (Å²) in [6.07, 6.45) is 0. The second-order valence-corrected chi connectivity index (χ2v) is 17.2. The molecule has 2 aromatic heterocycles. The van der Waals surface area contributed by atoms with E-state index in [9.17, 15) is 0 Å². The Bertz CT molecular complexity index is 3580. The molecule has 0 amide bonds. The monoisotopic (exact) mass is 820 g/mol. The molecule has 296 valence electrons. The molecule has 63 heavy (non-hydrogen) atoms. The van der Waals surface area contributed by atoms with Gasteiger partial charge in [-0.3, -0.25) is 0 Å². The first-order valence-electron chi connectivity index (χ1n) is 21.5. The first kappa shape index (κ1) is 36.8. The van der Waals surface area contributed by atoms with Gasteiger partial charge in [0.05, 0.1) is 11.0 Å². The maximum Gasteiger partial charge on any atom is 0.0547 e. The molecule has 0 fully saturated rings. The number of para-hydroxylation sites is 2. The molecule has 0 aliphatic rings. The van der Waals surface area contributed by atoms with E-state index in [1.165, 1.54) is 92.2 Å². The molecule has 0 radical (unpaired) electrons. The van der Waals surface area contributed by atoms with Crippen LogP contribution < -0.4 is 4.90 Å². The third-order valence-corrected chi connectivity index (χ3v) is 13.6. The zero-order chi connectivity index (χ0) is 41.7. The van der Waals surface area contributed by atoms with E-state index in [0.717, 1.165) is 17.1 Å². The lowest BCUT2D eigenvalue weighted by Crippen LogP contribution is -2.10. The number of thiophene rings is 1. The maximum atomic E-state index is 2.38. The Kier molecular flexibility index (Phi) is 9.06. The molecule has 12 aromatic rings. The lowest BCUT2D eigenvalue weighted by Gasteiger charge is -2.26. The summed E-state index contributed by atoms with van der Waals surface area (Å²) >= 11 is 1.87. The number of benzene rings is 10. The zero-order valence-electron chi connectivity index (χ0n) is 34.4. The largest absolute Gasteiger partial charge is 0.310 e. The van der Waals surface area contributed by atoms with Crippen molar-refractivity contribution in [1.82, 2.24) is 4.57 Å². The van der Waals surface area contributed by atoms with Gasteiger partial charge in [0.15, 0.2) is 0 Å². The fraction of sp³-hybridized carbons (Fsp3) is 0. The Morgan fingerprint density at radius 3 is 1.52 bits per heavy atom. The summed E-state index contributed by atoms with van der Waals surface area (Å²) in [6, 6.07) is 88.2. The van der Waals surface area contributed by atoms with Gasteiger partial charge >= 0.3 is 0 Å². The van der Waals surface area contributed by atoms with Gasteiger partial charge in [0.2, 0.25) is 0 Å². The van der Waals surface area contributed by atoms with E-state index in [1.807, 2.05) is 11.3 Å². The van der Waals surface area contributed by atoms with Crippen LogP contribution in [0.3, 0.4) is 0 Å². The van der Waals surface area contributed by atoms with Crippen LogP contribution in [0.4, 0.5) is 17.1 Å². The van der Waals surface area contributed by atoms with Crippen molar-refractivity contribution in [3.05, 3.63) is 243 Å². The standard InChI is InChI=1S/C60H40N2S/c1-3-13-41(14-4-1)43-29-34-49(35-30-43)61(51-18-11-15-47(39-51)52-21-12-22-56-55-20-8-10-24-59(55)63-60(52)56)50-36-31-44(32-37-50)42-25-27-45(28-26-42)46-33-38-54-53-19-7-9-23-57(53)62(58(54)40-46)48-16-5-2-6-17-48/h1-40H. The summed E-state index contributed by atoms with van der Waals surface area (Å²) in [5.74, 6) is 0. The molecular weight excluding hydrogens is 781 g/mol. The molecular formula is C60H40N2S.